The van der Waals surface area contributed by atoms with Gasteiger partial charge >= 0.3 is 0 Å². The van der Waals surface area contributed by atoms with Crippen LogP contribution in [0, 0.1) is 0 Å². The molecular formula is C16H18N4O3. The summed E-state index contributed by atoms with van der Waals surface area (Å²) >= 11 is 0. The topological polar surface area (TPSA) is 86.4 Å². The number of hydrogen-bond acceptors (Lipinski definition) is 6. The molecule has 0 amide bonds. The second kappa shape index (κ2) is 7.44. The van der Waals surface area contributed by atoms with Gasteiger partial charge in [-0.1, -0.05) is 0 Å². The highest BCUT2D eigenvalue weighted by Crippen LogP contribution is 2.10. The molecule has 0 radical (unpaired) electrons. The highest BCUT2D eigenvalue weighted by Gasteiger charge is 2.14. The molecule has 0 aliphatic heterocycles. The van der Waals surface area contributed by atoms with Gasteiger partial charge in [-0.2, -0.15) is 5.10 Å². The first-order valence-electron chi connectivity index (χ1n) is 7.10. The lowest BCUT2D eigenvalue weighted by molar-refractivity contribution is -0.117. The van der Waals surface area contributed by atoms with Crippen LogP contribution in [0.2, 0.25) is 0 Å². The standard InChI is InChI=1S/C16H18N4O3/c1-11(21)8-15-18-19-16(9-12(2)22)20(15)17-10-13-4-6-14(23-3)7-5-13/h4-7,10H,8-9H2,1-3H3. The largest absolute Gasteiger partial charge is 0.497 e. The van der Waals surface area contributed by atoms with Crippen molar-refractivity contribution in [3.63, 3.8) is 0 Å². The van der Waals surface area contributed by atoms with E-state index in [9.17, 15) is 9.59 Å². The molecule has 120 valence electrons. The summed E-state index contributed by atoms with van der Waals surface area (Å²) < 4.78 is 6.55. The van der Waals surface area contributed by atoms with E-state index in [0.29, 0.717) is 11.6 Å². The maximum Gasteiger partial charge on any atom is 0.161 e. The van der Waals surface area contributed by atoms with Gasteiger partial charge < -0.3 is 4.74 Å². The minimum absolute atomic E-state index is 0.0485. The molecule has 0 atom stereocenters. The van der Waals surface area contributed by atoms with Gasteiger partial charge in [-0.05, 0) is 43.7 Å². The monoisotopic (exact) mass is 314 g/mol. The highest BCUT2D eigenvalue weighted by molar-refractivity contribution is 5.80. The van der Waals surface area contributed by atoms with Gasteiger partial charge in [-0.3, -0.25) is 9.59 Å². The number of hydrogen-bond donors (Lipinski definition) is 0. The first kappa shape index (κ1) is 16.5. The van der Waals surface area contributed by atoms with E-state index in [4.69, 9.17) is 4.74 Å². The number of Topliss-reactive ketones (excluding diaryl/α,β-unsaturated/α-hetero) is 2. The maximum atomic E-state index is 11.3. The van der Waals surface area contributed by atoms with Gasteiger partial charge in [0.05, 0.1) is 26.2 Å². The summed E-state index contributed by atoms with van der Waals surface area (Å²) in [5.74, 6) is 1.48. The van der Waals surface area contributed by atoms with E-state index in [2.05, 4.69) is 15.3 Å². The molecule has 1 aromatic carbocycles. The number of aromatic nitrogens is 3. The van der Waals surface area contributed by atoms with Crippen LogP contribution in [0.1, 0.15) is 31.1 Å². The van der Waals surface area contributed by atoms with Crippen LogP contribution in [0.4, 0.5) is 0 Å². The number of nitrogens with zero attached hydrogens (tertiary/aromatic N) is 4. The molecule has 0 fully saturated rings. The fraction of sp³-hybridized carbons (Fsp3) is 0.312. The van der Waals surface area contributed by atoms with Crippen molar-refractivity contribution >= 4 is 17.8 Å². The van der Waals surface area contributed by atoms with Crippen LogP contribution >= 0.6 is 0 Å². The van der Waals surface area contributed by atoms with Crippen molar-refractivity contribution in [1.29, 1.82) is 0 Å². The normalized spacial score (nSPS) is 10.9. The van der Waals surface area contributed by atoms with Crippen molar-refractivity contribution in [3.05, 3.63) is 41.5 Å². The van der Waals surface area contributed by atoms with E-state index in [1.807, 2.05) is 24.3 Å². The average Bonchev–Trinajstić information content (AvgIpc) is 2.86. The summed E-state index contributed by atoms with van der Waals surface area (Å²) in [5.41, 5.74) is 0.849. The first-order valence-corrected chi connectivity index (χ1v) is 7.10. The fourth-order valence-corrected chi connectivity index (χ4v) is 1.96. The van der Waals surface area contributed by atoms with Crippen LogP contribution in [0.15, 0.2) is 29.4 Å². The Morgan fingerprint density at radius 1 is 1.09 bits per heavy atom. The average molecular weight is 314 g/mol. The Morgan fingerprint density at radius 3 is 2.04 bits per heavy atom. The third kappa shape index (κ3) is 4.57. The number of carbonyl (C=O) groups is 2. The predicted octanol–water partition coefficient (Wildman–Crippen LogP) is 1.43. The number of carbonyl (C=O) groups excluding carboxylic acids is 2. The third-order valence-corrected chi connectivity index (χ3v) is 3.02. The zero-order valence-corrected chi connectivity index (χ0v) is 13.3. The molecule has 23 heavy (non-hydrogen) atoms. The van der Waals surface area contributed by atoms with E-state index in [1.54, 1.807) is 13.3 Å². The van der Waals surface area contributed by atoms with E-state index in [0.717, 1.165) is 11.3 Å². The van der Waals surface area contributed by atoms with Gasteiger partial charge in [0.25, 0.3) is 0 Å². The van der Waals surface area contributed by atoms with Crippen LogP contribution in [-0.2, 0) is 22.4 Å². The molecule has 0 bridgehead atoms. The van der Waals surface area contributed by atoms with E-state index in [-0.39, 0.29) is 24.4 Å². The minimum atomic E-state index is -0.0485. The van der Waals surface area contributed by atoms with Crippen molar-refractivity contribution in [2.45, 2.75) is 26.7 Å². The molecule has 7 heteroatoms. The summed E-state index contributed by atoms with van der Waals surface area (Å²) in [7, 11) is 1.60. The lowest BCUT2D eigenvalue weighted by Crippen LogP contribution is -2.09. The Bertz CT molecular complexity index is 699. The summed E-state index contributed by atoms with van der Waals surface area (Å²) in [5, 5.41) is 12.2. The lowest BCUT2D eigenvalue weighted by atomic mass is 10.2. The van der Waals surface area contributed by atoms with Crippen molar-refractivity contribution in [1.82, 2.24) is 14.9 Å². The quantitative estimate of drug-likeness (QED) is 0.722. The number of ether oxygens (including phenoxy) is 1. The van der Waals surface area contributed by atoms with Crippen LogP contribution in [0.25, 0.3) is 0 Å². The fourth-order valence-electron chi connectivity index (χ4n) is 1.96. The summed E-state index contributed by atoms with van der Waals surface area (Å²) in [4.78, 5) is 22.7. The Balaban J connectivity index is 2.30. The van der Waals surface area contributed by atoms with Crippen LogP contribution in [0.3, 0.4) is 0 Å². The molecule has 0 spiro atoms. The molecule has 0 aliphatic rings. The molecule has 1 aromatic heterocycles. The molecule has 0 saturated heterocycles. The molecule has 0 N–H and O–H groups in total. The first-order chi connectivity index (χ1) is 11.0. The number of methoxy groups -OCH3 is 1. The highest BCUT2D eigenvalue weighted by atomic mass is 16.5. The van der Waals surface area contributed by atoms with Crippen molar-refractivity contribution < 1.29 is 14.3 Å². The van der Waals surface area contributed by atoms with Gasteiger partial charge in [0.1, 0.15) is 17.3 Å². The molecule has 2 aromatic rings. The van der Waals surface area contributed by atoms with Gasteiger partial charge in [-0.25, -0.2) is 4.68 Å². The summed E-state index contributed by atoms with van der Waals surface area (Å²) in [6.07, 6.45) is 1.85. The summed E-state index contributed by atoms with van der Waals surface area (Å²) in [6, 6.07) is 7.34. The lowest BCUT2D eigenvalue weighted by Gasteiger charge is -2.03. The van der Waals surface area contributed by atoms with Gasteiger partial charge in [-0.15, -0.1) is 10.2 Å². The number of ketones is 2. The minimum Gasteiger partial charge on any atom is -0.497 e. The molecule has 0 unspecified atom stereocenters. The predicted molar refractivity (Wildman–Crippen MR) is 84.8 cm³/mol. The smallest absolute Gasteiger partial charge is 0.161 e. The zero-order valence-electron chi connectivity index (χ0n) is 13.3. The van der Waals surface area contributed by atoms with Crippen molar-refractivity contribution in [2.75, 3.05) is 7.11 Å². The number of benzene rings is 1. The number of rotatable bonds is 7. The Labute approximate surface area is 134 Å². The van der Waals surface area contributed by atoms with Crippen LogP contribution in [0.5, 0.6) is 5.75 Å². The summed E-state index contributed by atoms with van der Waals surface area (Å²) in [6.45, 7) is 2.94. The van der Waals surface area contributed by atoms with Gasteiger partial charge in [0.15, 0.2) is 11.6 Å². The Kier molecular flexibility index (Phi) is 5.35. The third-order valence-electron chi connectivity index (χ3n) is 3.02. The van der Waals surface area contributed by atoms with Crippen LogP contribution < -0.4 is 4.74 Å². The van der Waals surface area contributed by atoms with E-state index < -0.39 is 0 Å². The Morgan fingerprint density at radius 2 is 1.61 bits per heavy atom. The molecule has 1 heterocycles. The molecule has 7 nitrogen and oxygen atoms in total. The van der Waals surface area contributed by atoms with Gasteiger partial charge in [0.2, 0.25) is 0 Å². The van der Waals surface area contributed by atoms with Crippen LogP contribution in [-0.4, -0.2) is 39.8 Å². The SMILES string of the molecule is COc1ccc(C=Nn2c(CC(C)=O)nnc2CC(C)=O)cc1. The molecule has 0 saturated carbocycles. The van der Waals surface area contributed by atoms with Gasteiger partial charge in [0, 0.05) is 0 Å². The second-order valence-electron chi connectivity index (χ2n) is 5.12. The second-order valence-corrected chi connectivity index (χ2v) is 5.12. The maximum absolute atomic E-state index is 11.3. The molecule has 0 aliphatic carbocycles. The van der Waals surface area contributed by atoms with E-state index >= 15 is 0 Å². The Hall–Kier alpha value is -2.83. The molecule has 2 rings (SSSR count). The molecular weight excluding hydrogens is 296 g/mol. The van der Waals surface area contributed by atoms with Crippen molar-refractivity contribution in [2.24, 2.45) is 5.10 Å². The van der Waals surface area contributed by atoms with Crippen molar-refractivity contribution in [3.8, 4) is 5.75 Å². The van der Waals surface area contributed by atoms with E-state index in [1.165, 1.54) is 18.5 Å². The zero-order chi connectivity index (χ0) is 16.8.